The second kappa shape index (κ2) is 7.33. The zero-order valence-electron chi connectivity index (χ0n) is 13.0. The molecule has 23 heavy (non-hydrogen) atoms. The lowest BCUT2D eigenvalue weighted by atomic mass is 10.0. The third-order valence-electron chi connectivity index (χ3n) is 3.87. The second-order valence-electron chi connectivity index (χ2n) is 5.55. The van der Waals surface area contributed by atoms with Crippen LogP contribution in [0.3, 0.4) is 0 Å². The molecule has 118 valence electrons. The van der Waals surface area contributed by atoms with Crippen molar-refractivity contribution in [3.05, 3.63) is 81.3 Å². The van der Waals surface area contributed by atoms with Crippen LogP contribution in [0.2, 0.25) is 5.02 Å². The van der Waals surface area contributed by atoms with Crippen LogP contribution in [-0.4, -0.2) is 9.55 Å². The van der Waals surface area contributed by atoms with E-state index in [0.717, 1.165) is 40.0 Å². The molecule has 1 aromatic heterocycles. The molecule has 0 aliphatic carbocycles. The van der Waals surface area contributed by atoms with E-state index in [9.17, 15) is 0 Å². The largest absolute Gasteiger partial charge is 0.303 e. The van der Waals surface area contributed by atoms with Gasteiger partial charge in [0.1, 0.15) is 0 Å². The maximum Gasteiger partial charge on any atom is 0.0994 e. The van der Waals surface area contributed by atoms with Gasteiger partial charge in [0, 0.05) is 27.8 Å². The van der Waals surface area contributed by atoms with Crippen molar-refractivity contribution in [2.75, 3.05) is 0 Å². The highest BCUT2D eigenvalue weighted by Crippen LogP contribution is 2.26. The first-order valence-electron chi connectivity index (χ1n) is 7.72. The SMILES string of the molecule is CCCc1cncn1-c1cc(Br)ccc1Cc1ccccc1Cl. The van der Waals surface area contributed by atoms with E-state index in [-0.39, 0.29) is 0 Å². The Morgan fingerprint density at radius 1 is 1.13 bits per heavy atom. The molecule has 0 spiro atoms. The number of imidazole rings is 1. The van der Waals surface area contributed by atoms with Gasteiger partial charge in [0.25, 0.3) is 0 Å². The zero-order valence-corrected chi connectivity index (χ0v) is 15.3. The average molecular weight is 390 g/mol. The summed E-state index contributed by atoms with van der Waals surface area (Å²) in [6.07, 6.45) is 6.75. The molecule has 0 aliphatic heterocycles. The number of benzene rings is 2. The number of aromatic nitrogens is 2. The Hall–Kier alpha value is -1.58. The van der Waals surface area contributed by atoms with Gasteiger partial charge in [-0.3, -0.25) is 0 Å². The molecule has 0 fully saturated rings. The molecule has 4 heteroatoms. The molecule has 3 aromatic rings. The van der Waals surface area contributed by atoms with Crippen molar-refractivity contribution in [2.24, 2.45) is 0 Å². The van der Waals surface area contributed by atoms with E-state index in [2.05, 4.69) is 56.7 Å². The van der Waals surface area contributed by atoms with Crippen LogP contribution in [-0.2, 0) is 12.8 Å². The summed E-state index contributed by atoms with van der Waals surface area (Å²) in [4.78, 5) is 4.33. The molecule has 0 aliphatic rings. The molecule has 0 atom stereocenters. The maximum absolute atomic E-state index is 6.34. The van der Waals surface area contributed by atoms with E-state index < -0.39 is 0 Å². The summed E-state index contributed by atoms with van der Waals surface area (Å²) in [5.74, 6) is 0. The van der Waals surface area contributed by atoms with Crippen molar-refractivity contribution in [1.82, 2.24) is 9.55 Å². The van der Waals surface area contributed by atoms with Crippen LogP contribution in [0.25, 0.3) is 5.69 Å². The Labute approximate surface area is 150 Å². The van der Waals surface area contributed by atoms with E-state index in [4.69, 9.17) is 11.6 Å². The number of rotatable bonds is 5. The number of halogens is 2. The molecule has 3 rings (SSSR count). The summed E-state index contributed by atoms with van der Waals surface area (Å²) < 4.78 is 3.24. The fraction of sp³-hybridized carbons (Fsp3) is 0.211. The summed E-state index contributed by atoms with van der Waals surface area (Å²) in [6, 6.07) is 14.4. The monoisotopic (exact) mass is 388 g/mol. The summed E-state index contributed by atoms with van der Waals surface area (Å²) in [5.41, 5.74) is 4.75. The van der Waals surface area contributed by atoms with E-state index in [1.54, 1.807) is 0 Å². The summed E-state index contributed by atoms with van der Waals surface area (Å²) in [5, 5.41) is 0.806. The van der Waals surface area contributed by atoms with Crippen molar-refractivity contribution in [3.8, 4) is 5.69 Å². The highest BCUT2D eigenvalue weighted by molar-refractivity contribution is 9.10. The van der Waals surface area contributed by atoms with Gasteiger partial charge in [-0.05, 0) is 35.7 Å². The predicted octanol–water partition coefficient (Wildman–Crippen LogP) is 5.83. The maximum atomic E-state index is 6.34. The summed E-state index contributed by atoms with van der Waals surface area (Å²) in [7, 11) is 0. The fourth-order valence-electron chi connectivity index (χ4n) is 2.74. The molecule has 0 amide bonds. The molecule has 0 saturated carbocycles. The first kappa shape index (κ1) is 16.3. The third kappa shape index (κ3) is 3.67. The summed E-state index contributed by atoms with van der Waals surface area (Å²) in [6.45, 7) is 2.18. The third-order valence-corrected chi connectivity index (χ3v) is 4.73. The van der Waals surface area contributed by atoms with Gasteiger partial charge in [-0.25, -0.2) is 4.98 Å². The van der Waals surface area contributed by atoms with Gasteiger partial charge >= 0.3 is 0 Å². The Kier molecular flexibility index (Phi) is 5.19. The number of hydrogen-bond donors (Lipinski definition) is 0. The van der Waals surface area contributed by atoms with Crippen molar-refractivity contribution < 1.29 is 0 Å². The lowest BCUT2D eigenvalue weighted by molar-refractivity contribution is 0.838. The van der Waals surface area contributed by atoms with E-state index in [0.29, 0.717) is 0 Å². The van der Waals surface area contributed by atoms with Gasteiger partial charge < -0.3 is 4.57 Å². The van der Waals surface area contributed by atoms with Crippen LogP contribution in [0.4, 0.5) is 0 Å². The lowest BCUT2D eigenvalue weighted by Crippen LogP contribution is -2.04. The minimum absolute atomic E-state index is 0.798. The van der Waals surface area contributed by atoms with Gasteiger partial charge in [0.2, 0.25) is 0 Å². The van der Waals surface area contributed by atoms with Gasteiger partial charge in [0.05, 0.1) is 12.0 Å². The Balaban J connectivity index is 2.05. The zero-order chi connectivity index (χ0) is 16.2. The molecule has 2 nitrogen and oxygen atoms in total. The smallest absolute Gasteiger partial charge is 0.0994 e. The Bertz CT molecular complexity index is 811. The van der Waals surface area contributed by atoms with Crippen molar-refractivity contribution >= 4 is 27.5 Å². The van der Waals surface area contributed by atoms with Crippen LogP contribution in [0.1, 0.15) is 30.2 Å². The highest BCUT2D eigenvalue weighted by Gasteiger charge is 2.11. The standard InChI is InChI=1S/C19H18BrClN2/c1-2-5-17-12-22-13-23(17)19-11-16(20)9-8-15(19)10-14-6-3-4-7-18(14)21/h3-4,6-9,11-13H,2,5,10H2,1H3. The van der Waals surface area contributed by atoms with Crippen molar-refractivity contribution in [1.29, 1.82) is 0 Å². The van der Waals surface area contributed by atoms with Gasteiger partial charge in [-0.2, -0.15) is 0 Å². The molecule has 0 N–H and O–H groups in total. The second-order valence-corrected chi connectivity index (χ2v) is 6.87. The first-order chi connectivity index (χ1) is 11.2. The molecular formula is C19H18BrClN2. The minimum atomic E-state index is 0.798. The van der Waals surface area contributed by atoms with Gasteiger partial charge in [0.15, 0.2) is 0 Å². The van der Waals surface area contributed by atoms with Gasteiger partial charge in [-0.1, -0.05) is 65.1 Å². The molecule has 0 unspecified atom stereocenters. The van der Waals surface area contributed by atoms with Crippen LogP contribution in [0.5, 0.6) is 0 Å². The molecule has 1 heterocycles. The Morgan fingerprint density at radius 3 is 2.74 bits per heavy atom. The van der Waals surface area contributed by atoms with Crippen LogP contribution in [0.15, 0.2) is 59.5 Å². The average Bonchev–Trinajstić information content (AvgIpc) is 3.00. The van der Waals surface area contributed by atoms with E-state index >= 15 is 0 Å². The van der Waals surface area contributed by atoms with Crippen molar-refractivity contribution in [2.45, 2.75) is 26.2 Å². The van der Waals surface area contributed by atoms with Crippen LogP contribution < -0.4 is 0 Å². The number of aryl methyl sites for hydroxylation is 1. The Morgan fingerprint density at radius 2 is 1.96 bits per heavy atom. The fourth-order valence-corrected chi connectivity index (χ4v) is 3.29. The first-order valence-corrected chi connectivity index (χ1v) is 8.89. The quantitative estimate of drug-likeness (QED) is 0.536. The normalized spacial score (nSPS) is 10.9. The molecule has 0 saturated heterocycles. The van der Waals surface area contributed by atoms with Gasteiger partial charge in [-0.15, -0.1) is 0 Å². The minimum Gasteiger partial charge on any atom is -0.303 e. The highest BCUT2D eigenvalue weighted by atomic mass is 79.9. The topological polar surface area (TPSA) is 17.8 Å². The summed E-state index contributed by atoms with van der Waals surface area (Å²) >= 11 is 9.92. The van der Waals surface area contributed by atoms with E-state index in [1.165, 1.54) is 11.3 Å². The van der Waals surface area contributed by atoms with E-state index in [1.807, 2.05) is 30.7 Å². The lowest BCUT2D eigenvalue weighted by Gasteiger charge is -2.14. The van der Waals surface area contributed by atoms with Crippen LogP contribution >= 0.6 is 27.5 Å². The predicted molar refractivity (Wildman–Crippen MR) is 99.5 cm³/mol. The molecule has 0 bridgehead atoms. The number of hydrogen-bond acceptors (Lipinski definition) is 1. The molecule has 2 aromatic carbocycles. The van der Waals surface area contributed by atoms with Crippen molar-refractivity contribution in [3.63, 3.8) is 0 Å². The molecule has 0 radical (unpaired) electrons. The van der Waals surface area contributed by atoms with Crippen LogP contribution in [0, 0.1) is 0 Å². The number of nitrogens with zero attached hydrogens (tertiary/aromatic N) is 2. The molecular weight excluding hydrogens is 372 g/mol.